The zero-order chi connectivity index (χ0) is 12.3. The normalized spacial score (nSPS) is 18.6. The van der Waals surface area contributed by atoms with Gasteiger partial charge in [0.15, 0.2) is 0 Å². The van der Waals surface area contributed by atoms with Gasteiger partial charge in [0, 0.05) is 17.5 Å². The first kappa shape index (κ1) is 11.7. The second-order valence-corrected chi connectivity index (χ2v) is 4.30. The number of ether oxygens (including phenoxy) is 1. The average Bonchev–Trinajstić information content (AvgIpc) is 2.73. The summed E-state index contributed by atoms with van der Waals surface area (Å²) in [6.07, 6.45) is 1.30. The van der Waals surface area contributed by atoms with Crippen LogP contribution in [0.3, 0.4) is 0 Å². The number of hydrogen-bond donors (Lipinski definition) is 1. The summed E-state index contributed by atoms with van der Waals surface area (Å²) >= 11 is 5.83. The van der Waals surface area contributed by atoms with Crippen molar-refractivity contribution in [2.24, 2.45) is 0 Å². The molecular formula is C12H11ClN2O2. The molecule has 1 heterocycles. The summed E-state index contributed by atoms with van der Waals surface area (Å²) in [5, 5.41) is 12.2. The van der Waals surface area contributed by atoms with Crippen molar-refractivity contribution in [1.82, 2.24) is 5.32 Å². The van der Waals surface area contributed by atoms with Crippen LogP contribution in [-0.4, -0.2) is 18.6 Å². The zero-order valence-electron chi connectivity index (χ0n) is 9.07. The number of halogens is 1. The fraction of sp³-hybridized carbons (Fsp3) is 0.333. The summed E-state index contributed by atoms with van der Waals surface area (Å²) in [5.41, 5.74) is 0.443. The summed E-state index contributed by atoms with van der Waals surface area (Å²) in [6.45, 7) is 0.362. The third-order valence-corrected chi connectivity index (χ3v) is 2.82. The van der Waals surface area contributed by atoms with Crippen molar-refractivity contribution in [3.63, 3.8) is 0 Å². The largest absolute Gasteiger partial charge is 0.490 e. The lowest BCUT2D eigenvalue weighted by molar-refractivity contribution is -0.119. The lowest BCUT2D eigenvalue weighted by Crippen LogP contribution is -2.30. The van der Waals surface area contributed by atoms with Crippen LogP contribution in [0.25, 0.3) is 0 Å². The van der Waals surface area contributed by atoms with Gasteiger partial charge in [-0.15, -0.1) is 0 Å². The first-order valence-electron chi connectivity index (χ1n) is 5.31. The van der Waals surface area contributed by atoms with Crippen molar-refractivity contribution in [2.45, 2.75) is 18.9 Å². The number of carbonyl (C=O) groups excluding carboxylic acids is 1. The predicted molar refractivity (Wildman–Crippen MR) is 62.8 cm³/mol. The number of nitrogens with zero attached hydrogens (tertiary/aromatic N) is 1. The van der Waals surface area contributed by atoms with Gasteiger partial charge in [0.05, 0.1) is 11.6 Å². The molecule has 4 nitrogen and oxygen atoms in total. The van der Waals surface area contributed by atoms with Crippen LogP contribution in [0, 0.1) is 11.3 Å². The molecule has 0 radical (unpaired) electrons. The van der Waals surface area contributed by atoms with E-state index >= 15 is 0 Å². The Kier molecular flexibility index (Phi) is 3.50. The number of hydrogen-bond acceptors (Lipinski definition) is 3. The summed E-state index contributed by atoms with van der Waals surface area (Å²) in [6, 6.07) is 6.92. The summed E-state index contributed by atoms with van der Waals surface area (Å²) in [7, 11) is 0. The van der Waals surface area contributed by atoms with Crippen molar-refractivity contribution < 1.29 is 9.53 Å². The molecule has 1 saturated heterocycles. The van der Waals surface area contributed by atoms with E-state index in [1.54, 1.807) is 18.2 Å². The maximum Gasteiger partial charge on any atom is 0.220 e. The fourth-order valence-electron chi connectivity index (χ4n) is 1.70. The van der Waals surface area contributed by atoms with Gasteiger partial charge in [0.25, 0.3) is 0 Å². The minimum absolute atomic E-state index is 0.0213. The highest BCUT2D eigenvalue weighted by Crippen LogP contribution is 2.23. The van der Waals surface area contributed by atoms with E-state index in [1.807, 2.05) is 6.07 Å². The molecule has 1 aromatic rings. The van der Waals surface area contributed by atoms with Crippen LogP contribution in [-0.2, 0) is 4.79 Å². The lowest BCUT2D eigenvalue weighted by Gasteiger charge is -2.12. The molecule has 1 amide bonds. The van der Waals surface area contributed by atoms with Gasteiger partial charge in [-0.05, 0) is 18.6 Å². The maximum atomic E-state index is 11.0. The minimum atomic E-state index is 0.0213. The van der Waals surface area contributed by atoms with E-state index in [0.717, 1.165) is 6.42 Å². The van der Waals surface area contributed by atoms with Crippen molar-refractivity contribution in [1.29, 1.82) is 5.26 Å². The highest BCUT2D eigenvalue weighted by molar-refractivity contribution is 6.30. The van der Waals surface area contributed by atoms with Gasteiger partial charge in [0.2, 0.25) is 5.91 Å². The standard InChI is InChI=1S/C12H11ClN2O2/c13-9-2-1-8(6-14)11(5-9)17-7-10-3-4-12(16)15-10/h1-2,5,10H,3-4,7H2,(H,15,16). The van der Waals surface area contributed by atoms with Gasteiger partial charge >= 0.3 is 0 Å². The van der Waals surface area contributed by atoms with Crippen LogP contribution < -0.4 is 10.1 Å². The quantitative estimate of drug-likeness (QED) is 0.891. The molecule has 1 aliphatic heterocycles. The molecule has 1 fully saturated rings. The second-order valence-electron chi connectivity index (χ2n) is 3.87. The van der Waals surface area contributed by atoms with E-state index in [4.69, 9.17) is 21.6 Å². The van der Waals surface area contributed by atoms with Gasteiger partial charge < -0.3 is 10.1 Å². The fourth-order valence-corrected chi connectivity index (χ4v) is 1.86. The van der Waals surface area contributed by atoms with Crippen LogP contribution in [0.2, 0.25) is 5.02 Å². The topological polar surface area (TPSA) is 62.1 Å². The molecule has 0 bridgehead atoms. The molecule has 1 N–H and O–H groups in total. The SMILES string of the molecule is N#Cc1ccc(Cl)cc1OCC1CCC(=O)N1. The third-order valence-electron chi connectivity index (χ3n) is 2.59. The molecule has 2 rings (SSSR count). The predicted octanol–water partition coefficient (Wildman–Crippen LogP) is 1.87. The van der Waals surface area contributed by atoms with Crippen LogP contribution >= 0.6 is 11.6 Å². The number of carbonyl (C=O) groups is 1. The van der Waals surface area contributed by atoms with Gasteiger partial charge in [-0.1, -0.05) is 11.6 Å². The molecule has 1 unspecified atom stereocenters. The molecular weight excluding hydrogens is 240 g/mol. The van der Waals surface area contributed by atoms with E-state index in [9.17, 15) is 4.79 Å². The summed E-state index contributed by atoms with van der Waals surface area (Å²) < 4.78 is 5.52. The Hall–Kier alpha value is -1.73. The molecule has 1 aromatic carbocycles. The van der Waals surface area contributed by atoms with Crippen molar-refractivity contribution in [3.8, 4) is 11.8 Å². The van der Waals surface area contributed by atoms with E-state index in [2.05, 4.69) is 5.32 Å². The molecule has 88 valence electrons. The van der Waals surface area contributed by atoms with Crippen molar-refractivity contribution in [2.75, 3.05) is 6.61 Å². The molecule has 0 spiro atoms. The Labute approximate surface area is 104 Å². The maximum absolute atomic E-state index is 11.0. The van der Waals surface area contributed by atoms with Crippen LogP contribution in [0.5, 0.6) is 5.75 Å². The van der Waals surface area contributed by atoms with Crippen LogP contribution in [0.1, 0.15) is 18.4 Å². The number of rotatable bonds is 3. The van der Waals surface area contributed by atoms with Crippen LogP contribution in [0.4, 0.5) is 0 Å². The Balaban J connectivity index is 2.01. The first-order valence-corrected chi connectivity index (χ1v) is 5.68. The minimum Gasteiger partial charge on any atom is -0.490 e. The molecule has 0 saturated carbocycles. The van der Waals surface area contributed by atoms with Gasteiger partial charge in [-0.2, -0.15) is 5.26 Å². The highest BCUT2D eigenvalue weighted by Gasteiger charge is 2.21. The smallest absolute Gasteiger partial charge is 0.220 e. The van der Waals surface area contributed by atoms with E-state index in [-0.39, 0.29) is 11.9 Å². The number of nitriles is 1. The number of nitrogens with one attached hydrogen (secondary N) is 1. The monoisotopic (exact) mass is 250 g/mol. The van der Waals surface area contributed by atoms with Gasteiger partial charge in [-0.3, -0.25) is 4.79 Å². The molecule has 17 heavy (non-hydrogen) atoms. The van der Waals surface area contributed by atoms with E-state index < -0.39 is 0 Å². The summed E-state index contributed by atoms with van der Waals surface area (Å²) in [4.78, 5) is 11.0. The Bertz CT molecular complexity index is 482. The van der Waals surface area contributed by atoms with E-state index in [0.29, 0.717) is 29.4 Å². The molecule has 1 aliphatic rings. The molecule has 1 atom stereocenters. The van der Waals surface area contributed by atoms with Gasteiger partial charge in [0.1, 0.15) is 18.4 Å². The Morgan fingerprint density at radius 1 is 1.59 bits per heavy atom. The summed E-state index contributed by atoms with van der Waals surface area (Å²) in [5.74, 6) is 0.506. The molecule has 0 aromatic heterocycles. The molecule has 0 aliphatic carbocycles. The van der Waals surface area contributed by atoms with Crippen molar-refractivity contribution in [3.05, 3.63) is 28.8 Å². The van der Waals surface area contributed by atoms with Gasteiger partial charge in [-0.25, -0.2) is 0 Å². The third kappa shape index (κ3) is 2.89. The van der Waals surface area contributed by atoms with Crippen molar-refractivity contribution >= 4 is 17.5 Å². The second kappa shape index (κ2) is 5.07. The average molecular weight is 251 g/mol. The zero-order valence-corrected chi connectivity index (χ0v) is 9.83. The Morgan fingerprint density at radius 3 is 3.06 bits per heavy atom. The number of amides is 1. The Morgan fingerprint density at radius 2 is 2.41 bits per heavy atom. The first-order chi connectivity index (χ1) is 8.19. The van der Waals surface area contributed by atoms with Crippen LogP contribution in [0.15, 0.2) is 18.2 Å². The molecule has 5 heteroatoms. The lowest BCUT2D eigenvalue weighted by atomic mass is 10.2. The highest BCUT2D eigenvalue weighted by atomic mass is 35.5. The van der Waals surface area contributed by atoms with E-state index in [1.165, 1.54) is 0 Å². The number of benzene rings is 1.